The zero-order valence-electron chi connectivity index (χ0n) is 14.0. The van der Waals surface area contributed by atoms with Crippen LogP contribution in [0.3, 0.4) is 0 Å². The lowest BCUT2D eigenvalue weighted by atomic mass is 10.2. The third-order valence-electron chi connectivity index (χ3n) is 3.20. The molecule has 0 aliphatic carbocycles. The molecule has 0 unspecified atom stereocenters. The van der Waals surface area contributed by atoms with E-state index in [1.165, 1.54) is 14.0 Å². The van der Waals surface area contributed by atoms with Gasteiger partial charge in [0, 0.05) is 13.0 Å². The van der Waals surface area contributed by atoms with Crippen molar-refractivity contribution in [3.63, 3.8) is 0 Å². The number of rotatable bonds is 7. The molecule has 128 valence electrons. The average Bonchev–Trinajstić information content (AvgIpc) is 2.55. The standard InChI is InChI=1S/C18H20O6/c1-4-5-6-7-10-22-13-8-9-14-15(11-13)24-18(20)17(16(14)21-3)23-12(2)19/h5-6,8-9,11H,4,7,10H2,1-3H3/b6-5+. The Bertz CT molecular complexity index is 803. The Morgan fingerprint density at radius 2 is 2.04 bits per heavy atom. The van der Waals surface area contributed by atoms with E-state index in [2.05, 4.69) is 19.1 Å². The van der Waals surface area contributed by atoms with Crippen LogP contribution in [-0.4, -0.2) is 19.7 Å². The first-order valence-electron chi connectivity index (χ1n) is 7.67. The van der Waals surface area contributed by atoms with Crippen LogP contribution in [0.25, 0.3) is 11.0 Å². The first kappa shape index (κ1) is 17.6. The summed E-state index contributed by atoms with van der Waals surface area (Å²) in [6.07, 6.45) is 5.91. The lowest BCUT2D eigenvalue weighted by molar-refractivity contribution is -0.132. The topological polar surface area (TPSA) is 75.0 Å². The number of hydrogen-bond acceptors (Lipinski definition) is 6. The largest absolute Gasteiger partial charge is 0.493 e. The molecule has 6 nitrogen and oxygen atoms in total. The summed E-state index contributed by atoms with van der Waals surface area (Å²) in [4.78, 5) is 23.2. The molecule has 0 atom stereocenters. The average molecular weight is 332 g/mol. The monoisotopic (exact) mass is 332 g/mol. The molecule has 0 spiro atoms. The summed E-state index contributed by atoms with van der Waals surface area (Å²) in [6, 6.07) is 5.05. The van der Waals surface area contributed by atoms with Crippen LogP contribution in [0, 0.1) is 0 Å². The molecular formula is C18H20O6. The van der Waals surface area contributed by atoms with Crippen molar-refractivity contribution >= 4 is 16.9 Å². The van der Waals surface area contributed by atoms with Gasteiger partial charge in [-0.2, -0.15) is 0 Å². The van der Waals surface area contributed by atoms with Gasteiger partial charge in [-0.05, 0) is 25.0 Å². The van der Waals surface area contributed by atoms with Crippen LogP contribution in [0.2, 0.25) is 0 Å². The molecule has 1 aromatic carbocycles. The van der Waals surface area contributed by atoms with Crippen molar-refractivity contribution in [3.05, 3.63) is 40.8 Å². The maximum atomic E-state index is 12.0. The van der Waals surface area contributed by atoms with Gasteiger partial charge in [0.1, 0.15) is 11.3 Å². The quantitative estimate of drug-likeness (QED) is 0.334. The third kappa shape index (κ3) is 4.16. The zero-order chi connectivity index (χ0) is 17.5. The highest BCUT2D eigenvalue weighted by Gasteiger charge is 2.19. The number of carbonyl (C=O) groups is 1. The van der Waals surface area contributed by atoms with Crippen molar-refractivity contribution < 1.29 is 23.4 Å². The predicted molar refractivity (Wildman–Crippen MR) is 89.9 cm³/mol. The molecular weight excluding hydrogens is 312 g/mol. The van der Waals surface area contributed by atoms with Crippen LogP contribution >= 0.6 is 0 Å². The van der Waals surface area contributed by atoms with E-state index in [0.29, 0.717) is 23.3 Å². The minimum Gasteiger partial charge on any atom is -0.493 e. The molecule has 1 heterocycles. The minimum absolute atomic E-state index is 0.161. The predicted octanol–water partition coefficient (Wildman–Crippen LogP) is 3.46. The van der Waals surface area contributed by atoms with Crippen molar-refractivity contribution in [2.45, 2.75) is 26.7 Å². The van der Waals surface area contributed by atoms with Gasteiger partial charge in [0.2, 0.25) is 0 Å². The fraction of sp³-hybridized carbons (Fsp3) is 0.333. The summed E-state index contributed by atoms with van der Waals surface area (Å²) in [5, 5.41) is 0.520. The summed E-state index contributed by atoms with van der Waals surface area (Å²) in [5.41, 5.74) is -0.480. The van der Waals surface area contributed by atoms with Gasteiger partial charge in [0.25, 0.3) is 5.75 Å². The van der Waals surface area contributed by atoms with E-state index in [0.717, 1.165) is 12.8 Å². The number of benzene rings is 1. The van der Waals surface area contributed by atoms with E-state index in [-0.39, 0.29) is 11.5 Å². The molecule has 6 heteroatoms. The van der Waals surface area contributed by atoms with E-state index >= 15 is 0 Å². The van der Waals surface area contributed by atoms with Gasteiger partial charge in [0.05, 0.1) is 19.1 Å². The van der Waals surface area contributed by atoms with Gasteiger partial charge in [-0.1, -0.05) is 19.1 Å². The second-order valence-electron chi connectivity index (χ2n) is 5.02. The molecule has 0 amide bonds. The summed E-state index contributed by atoms with van der Waals surface area (Å²) in [5.74, 6) is -0.136. The fourth-order valence-corrected chi connectivity index (χ4v) is 2.19. The van der Waals surface area contributed by atoms with Crippen molar-refractivity contribution in [2.75, 3.05) is 13.7 Å². The van der Waals surface area contributed by atoms with E-state index < -0.39 is 11.6 Å². The van der Waals surface area contributed by atoms with Gasteiger partial charge in [-0.25, -0.2) is 4.79 Å². The molecule has 0 saturated heterocycles. The van der Waals surface area contributed by atoms with E-state index in [4.69, 9.17) is 18.6 Å². The van der Waals surface area contributed by atoms with Gasteiger partial charge in [-0.15, -0.1) is 0 Å². The van der Waals surface area contributed by atoms with E-state index in [9.17, 15) is 9.59 Å². The minimum atomic E-state index is -0.780. The van der Waals surface area contributed by atoms with Crippen LogP contribution in [-0.2, 0) is 4.79 Å². The van der Waals surface area contributed by atoms with Crippen LogP contribution in [0.4, 0.5) is 0 Å². The summed E-state index contributed by atoms with van der Waals surface area (Å²) < 4.78 is 21.0. The van der Waals surface area contributed by atoms with Crippen LogP contribution in [0.15, 0.2) is 39.6 Å². The SMILES string of the molecule is CC/C=C/CCOc1ccc2c(OC)c(OC(C)=O)c(=O)oc2c1. The van der Waals surface area contributed by atoms with Gasteiger partial charge >= 0.3 is 11.6 Å². The molecule has 0 saturated carbocycles. The molecule has 0 aliphatic heterocycles. The van der Waals surface area contributed by atoms with Crippen molar-refractivity contribution in [1.29, 1.82) is 0 Å². The Morgan fingerprint density at radius 1 is 1.25 bits per heavy atom. The molecule has 0 bridgehead atoms. The van der Waals surface area contributed by atoms with Crippen molar-refractivity contribution in [1.82, 2.24) is 0 Å². The lowest BCUT2D eigenvalue weighted by Gasteiger charge is -2.10. The summed E-state index contributed by atoms with van der Waals surface area (Å²) in [6.45, 7) is 3.79. The number of esters is 1. The Morgan fingerprint density at radius 3 is 2.71 bits per heavy atom. The smallest absolute Gasteiger partial charge is 0.383 e. The van der Waals surface area contributed by atoms with Gasteiger partial charge in [-0.3, -0.25) is 4.79 Å². The van der Waals surface area contributed by atoms with Crippen molar-refractivity contribution in [2.24, 2.45) is 0 Å². The van der Waals surface area contributed by atoms with E-state index in [1.807, 2.05) is 0 Å². The first-order valence-corrected chi connectivity index (χ1v) is 7.67. The molecule has 0 N–H and O–H groups in total. The summed E-state index contributed by atoms with van der Waals surface area (Å²) in [7, 11) is 1.39. The molecule has 24 heavy (non-hydrogen) atoms. The molecule has 0 fully saturated rings. The Balaban J connectivity index is 2.31. The Kier molecular flexibility index (Phi) is 6.01. The van der Waals surface area contributed by atoms with Crippen LogP contribution < -0.4 is 19.8 Å². The van der Waals surface area contributed by atoms with Crippen LogP contribution in [0.5, 0.6) is 17.2 Å². The van der Waals surface area contributed by atoms with E-state index in [1.54, 1.807) is 18.2 Å². The lowest BCUT2D eigenvalue weighted by Crippen LogP contribution is -2.12. The molecule has 0 aliphatic rings. The maximum Gasteiger partial charge on any atom is 0.383 e. The highest BCUT2D eigenvalue weighted by atomic mass is 16.6. The Labute approximate surface area is 139 Å². The number of fused-ring (bicyclic) bond motifs is 1. The molecule has 2 aromatic rings. The highest BCUT2D eigenvalue weighted by molar-refractivity contribution is 5.87. The molecule has 0 radical (unpaired) electrons. The van der Waals surface area contributed by atoms with Crippen LogP contribution in [0.1, 0.15) is 26.7 Å². The maximum absolute atomic E-state index is 12.0. The number of hydrogen-bond donors (Lipinski definition) is 0. The first-order chi connectivity index (χ1) is 11.6. The zero-order valence-corrected chi connectivity index (χ0v) is 14.0. The van der Waals surface area contributed by atoms with Gasteiger partial charge < -0.3 is 18.6 Å². The number of allylic oxidation sites excluding steroid dienone is 1. The number of carbonyl (C=O) groups excluding carboxylic acids is 1. The molecule has 2 rings (SSSR count). The normalized spacial score (nSPS) is 11.0. The Hall–Kier alpha value is -2.76. The van der Waals surface area contributed by atoms with Crippen molar-refractivity contribution in [3.8, 4) is 17.2 Å². The summed E-state index contributed by atoms with van der Waals surface area (Å²) >= 11 is 0. The third-order valence-corrected chi connectivity index (χ3v) is 3.20. The second kappa shape index (κ2) is 8.19. The number of methoxy groups -OCH3 is 1. The highest BCUT2D eigenvalue weighted by Crippen LogP contribution is 2.34. The number of ether oxygens (including phenoxy) is 3. The molecule has 1 aromatic heterocycles. The fourth-order valence-electron chi connectivity index (χ4n) is 2.19. The second-order valence-corrected chi connectivity index (χ2v) is 5.02. The van der Waals surface area contributed by atoms with Gasteiger partial charge in [0.15, 0.2) is 5.75 Å².